The second kappa shape index (κ2) is 10.5. The Morgan fingerprint density at radius 1 is 0.767 bits per heavy atom. The van der Waals surface area contributed by atoms with Crippen molar-refractivity contribution in [2.45, 2.75) is 13.8 Å². The summed E-state index contributed by atoms with van der Waals surface area (Å²) in [5.74, 6) is 0.341. The molecule has 150 valence electrons. The Morgan fingerprint density at radius 2 is 1.43 bits per heavy atom. The molecule has 1 heterocycles. The fourth-order valence-electron chi connectivity index (χ4n) is 2.79. The van der Waals surface area contributed by atoms with Crippen LogP contribution in [0.25, 0.3) is 11.3 Å². The molecule has 1 aromatic heterocycles. The maximum Gasteiger partial charge on any atom is 0.255 e. The molecule has 0 spiro atoms. The Morgan fingerprint density at radius 3 is 2.17 bits per heavy atom. The molecule has 0 radical (unpaired) electrons. The smallest absolute Gasteiger partial charge is 0.255 e. The van der Waals surface area contributed by atoms with Crippen molar-refractivity contribution in [1.82, 2.24) is 9.97 Å². The summed E-state index contributed by atoms with van der Waals surface area (Å²) in [7, 11) is 0. The number of anilines is 3. The van der Waals surface area contributed by atoms with Crippen molar-refractivity contribution in [3.05, 3.63) is 103 Å². The third kappa shape index (κ3) is 5.52. The van der Waals surface area contributed by atoms with Gasteiger partial charge in [-0.2, -0.15) is 0 Å². The number of nitrogens with zero attached hydrogens (tertiary/aromatic N) is 2. The second-order valence-corrected chi connectivity index (χ2v) is 6.16. The van der Waals surface area contributed by atoms with E-state index < -0.39 is 0 Å². The molecule has 3 aromatic carbocycles. The van der Waals surface area contributed by atoms with Crippen LogP contribution < -0.4 is 10.6 Å². The Hall–Kier alpha value is -3.99. The van der Waals surface area contributed by atoms with E-state index in [9.17, 15) is 4.79 Å². The number of benzene rings is 3. The molecule has 0 aliphatic rings. The van der Waals surface area contributed by atoms with Crippen LogP contribution in [0.15, 0.2) is 97.2 Å². The number of hydrogen-bond donors (Lipinski definition) is 2. The average Bonchev–Trinajstić information content (AvgIpc) is 2.82. The van der Waals surface area contributed by atoms with Crippen LogP contribution in [0.2, 0.25) is 0 Å². The first-order valence-electron chi connectivity index (χ1n) is 9.90. The van der Waals surface area contributed by atoms with E-state index in [0.717, 1.165) is 16.9 Å². The van der Waals surface area contributed by atoms with Gasteiger partial charge in [0.25, 0.3) is 5.91 Å². The van der Waals surface area contributed by atoms with Gasteiger partial charge in [0.1, 0.15) is 0 Å². The molecule has 4 rings (SSSR count). The van der Waals surface area contributed by atoms with E-state index in [1.54, 1.807) is 18.3 Å². The summed E-state index contributed by atoms with van der Waals surface area (Å²) in [6.45, 7) is 4.00. The number of aromatic nitrogens is 2. The van der Waals surface area contributed by atoms with Crippen LogP contribution in [0.3, 0.4) is 0 Å². The highest BCUT2D eigenvalue weighted by molar-refractivity contribution is 6.04. The van der Waals surface area contributed by atoms with Crippen LogP contribution >= 0.6 is 0 Å². The van der Waals surface area contributed by atoms with Gasteiger partial charge >= 0.3 is 0 Å². The van der Waals surface area contributed by atoms with E-state index in [1.165, 1.54) is 0 Å². The SMILES string of the molecule is CC.O=C(Nc1cccc(Nc2nccc(-c3ccccc3)n2)c1)c1ccccc1. The van der Waals surface area contributed by atoms with Crippen LogP contribution in [-0.4, -0.2) is 15.9 Å². The predicted octanol–water partition coefficient (Wildman–Crippen LogP) is 6.17. The van der Waals surface area contributed by atoms with Gasteiger partial charge in [0, 0.05) is 28.7 Å². The molecule has 2 N–H and O–H groups in total. The van der Waals surface area contributed by atoms with Gasteiger partial charge < -0.3 is 10.6 Å². The number of carbonyl (C=O) groups excluding carboxylic acids is 1. The van der Waals surface area contributed by atoms with E-state index in [0.29, 0.717) is 17.2 Å². The van der Waals surface area contributed by atoms with Crippen LogP contribution in [0.4, 0.5) is 17.3 Å². The second-order valence-electron chi connectivity index (χ2n) is 6.16. The molecule has 0 saturated carbocycles. The fourth-order valence-corrected chi connectivity index (χ4v) is 2.79. The van der Waals surface area contributed by atoms with Crippen LogP contribution in [0.5, 0.6) is 0 Å². The number of hydrogen-bond acceptors (Lipinski definition) is 4. The molecule has 0 atom stereocenters. The summed E-state index contributed by atoms with van der Waals surface area (Å²) in [6.07, 6.45) is 1.72. The molecule has 0 fully saturated rings. The van der Waals surface area contributed by atoms with Crippen molar-refractivity contribution in [1.29, 1.82) is 0 Å². The molecular weight excluding hydrogens is 372 g/mol. The Bertz CT molecular complexity index is 1080. The van der Waals surface area contributed by atoms with Gasteiger partial charge in [0.2, 0.25) is 5.95 Å². The largest absolute Gasteiger partial charge is 0.324 e. The highest BCUT2D eigenvalue weighted by atomic mass is 16.1. The Labute approximate surface area is 176 Å². The molecule has 0 saturated heterocycles. The molecule has 0 unspecified atom stereocenters. The standard InChI is InChI=1S/C23H18N4O.C2H6/c28-22(18-10-5-2-6-11-18)25-19-12-7-13-20(16-19)26-23-24-15-14-21(27-23)17-8-3-1-4-9-17;1-2/h1-16H,(H,25,28)(H,24,26,27);1-2H3. The lowest BCUT2D eigenvalue weighted by atomic mass is 10.1. The zero-order valence-corrected chi connectivity index (χ0v) is 17.0. The Balaban J connectivity index is 0.00000124. The van der Waals surface area contributed by atoms with E-state index in [4.69, 9.17) is 0 Å². The van der Waals surface area contributed by atoms with Crippen LogP contribution in [0, 0.1) is 0 Å². The summed E-state index contributed by atoms with van der Waals surface area (Å²) in [6, 6.07) is 28.4. The summed E-state index contributed by atoms with van der Waals surface area (Å²) in [5.41, 5.74) is 3.96. The van der Waals surface area contributed by atoms with Gasteiger partial charge in [0.05, 0.1) is 5.69 Å². The lowest BCUT2D eigenvalue weighted by molar-refractivity contribution is 0.102. The third-order valence-electron chi connectivity index (χ3n) is 4.14. The first-order chi connectivity index (χ1) is 14.8. The maximum absolute atomic E-state index is 12.3. The average molecular weight is 396 g/mol. The van der Waals surface area contributed by atoms with Gasteiger partial charge in [-0.05, 0) is 36.4 Å². The van der Waals surface area contributed by atoms with Crippen LogP contribution in [0.1, 0.15) is 24.2 Å². The van der Waals surface area contributed by atoms with Crippen LogP contribution in [-0.2, 0) is 0 Å². The lowest BCUT2D eigenvalue weighted by Crippen LogP contribution is -2.11. The van der Waals surface area contributed by atoms with Crippen molar-refractivity contribution in [3.63, 3.8) is 0 Å². The van der Waals surface area contributed by atoms with Crippen molar-refractivity contribution < 1.29 is 4.79 Å². The quantitative estimate of drug-likeness (QED) is 0.424. The zero-order valence-electron chi connectivity index (χ0n) is 17.0. The molecule has 5 heteroatoms. The third-order valence-corrected chi connectivity index (χ3v) is 4.14. The normalized spacial score (nSPS) is 9.80. The van der Waals surface area contributed by atoms with E-state index in [2.05, 4.69) is 20.6 Å². The van der Waals surface area contributed by atoms with Gasteiger partial charge in [-0.3, -0.25) is 4.79 Å². The summed E-state index contributed by atoms with van der Waals surface area (Å²) in [5, 5.41) is 6.10. The number of carbonyl (C=O) groups is 1. The first-order valence-corrected chi connectivity index (χ1v) is 9.90. The topological polar surface area (TPSA) is 66.9 Å². The fraction of sp³-hybridized carbons (Fsp3) is 0.0800. The van der Waals surface area contributed by atoms with E-state index >= 15 is 0 Å². The zero-order chi connectivity index (χ0) is 21.2. The van der Waals surface area contributed by atoms with Gasteiger partial charge in [-0.1, -0.05) is 68.4 Å². The summed E-state index contributed by atoms with van der Waals surface area (Å²) < 4.78 is 0. The van der Waals surface area contributed by atoms with Crippen molar-refractivity contribution in [3.8, 4) is 11.3 Å². The highest BCUT2D eigenvalue weighted by Crippen LogP contribution is 2.21. The monoisotopic (exact) mass is 396 g/mol. The van der Waals surface area contributed by atoms with Crippen molar-refractivity contribution in [2.75, 3.05) is 10.6 Å². The molecule has 0 aliphatic carbocycles. The van der Waals surface area contributed by atoms with Gasteiger partial charge in [-0.25, -0.2) is 9.97 Å². The number of rotatable bonds is 5. The number of amides is 1. The van der Waals surface area contributed by atoms with Crippen molar-refractivity contribution in [2.24, 2.45) is 0 Å². The molecule has 1 amide bonds. The molecule has 30 heavy (non-hydrogen) atoms. The molecule has 4 aromatic rings. The van der Waals surface area contributed by atoms with E-state index in [-0.39, 0.29) is 5.91 Å². The van der Waals surface area contributed by atoms with Gasteiger partial charge in [0.15, 0.2) is 0 Å². The minimum Gasteiger partial charge on any atom is -0.324 e. The van der Waals surface area contributed by atoms with Crippen molar-refractivity contribution >= 4 is 23.2 Å². The Kier molecular flexibility index (Phi) is 7.28. The van der Waals surface area contributed by atoms with Gasteiger partial charge in [-0.15, -0.1) is 0 Å². The molecular formula is C25H24N4O. The molecule has 0 aliphatic heterocycles. The highest BCUT2D eigenvalue weighted by Gasteiger charge is 2.07. The number of nitrogens with one attached hydrogen (secondary N) is 2. The molecule has 0 bridgehead atoms. The maximum atomic E-state index is 12.3. The van der Waals surface area contributed by atoms with E-state index in [1.807, 2.05) is 92.7 Å². The lowest BCUT2D eigenvalue weighted by Gasteiger charge is -2.09. The minimum atomic E-state index is -0.153. The summed E-state index contributed by atoms with van der Waals surface area (Å²) >= 11 is 0. The molecule has 5 nitrogen and oxygen atoms in total. The predicted molar refractivity (Wildman–Crippen MR) is 123 cm³/mol. The first kappa shape index (κ1) is 20.7. The minimum absolute atomic E-state index is 0.153. The summed E-state index contributed by atoms with van der Waals surface area (Å²) in [4.78, 5) is 21.2.